The molecule has 1 unspecified atom stereocenters. The Balaban J connectivity index is 1.77. The van der Waals surface area contributed by atoms with Gasteiger partial charge in [0.25, 0.3) is 5.91 Å². The highest BCUT2D eigenvalue weighted by Gasteiger charge is 2.28. The van der Waals surface area contributed by atoms with Crippen molar-refractivity contribution < 1.29 is 14.0 Å². The predicted molar refractivity (Wildman–Crippen MR) is 108 cm³/mol. The summed E-state index contributed by atoms with van der Waals surface area (Å²) < 4.78 is 13.3. The van der Waals surface area contributed by atoms with Gasteiger partial charge in [0.1, 0.15) is 11.5 Å². The Labute approximate surface area is 167 Å². The zero-order valence-electron chi connectivity index (χ0n) is 15.8. The molecule has 0 aliphatic carbocycles. The second-order valence-electron chi connectivity index (χ2n) is 7.31. The van der Waals surface area contributed by atoms with Gasteiger partial charge in [-0.1, -0.05) is 24.3 Å². The molecular formula is C22H21FN4O2. The van der Waals surface area contributed by atoms with Gasteiger partial charge in [-0.2, -0.15) is 0 Å². The summed E-state index contributed by atoms with van der Waals surface area (Å²) in [5.74, 6) is -1.27. The number of likely N-dealkylation sites (tertiary alicyclic amines) is 1. The fraction of sp³-hybridized carbons (Fsp3) is 0.227. The van der Waals surface area contributed by atoms with Crippen molar-refractivity contribution in [1.82, 2.24) is 9.88 Å². The molecule has 1 atom stereocenters. The molecule has 7 heteroatoms. The summed E-state index contributed by atoms with van der Waals surface area (Å²) in [6.45, 7) is 1.37. The van der Waals surface area contributed by atoms with Gasteiger partial charge in [-0.05, 0) is 60.3 Å². The minimum absolute atomic E-state index is 0.144. The molecule has 0 saturated carbocycles. The Morgan fingerprint density at radius 3 is 2.55 bits per heavy atom. The maximum Gasteiger partial charge on any atom is 0.267 e. The zero-order chi connectivity index (χ0) is 20.5. The molecule has 0 spiro atoms. The molecule has 1 saturated heterocycles. The summed E-state index contributed by atoms with van der Waals surface area (Å²) in [7, 11) is 0. The highest BCUT2D eigenvalue weighted by molar-refractivity contribution is 6.00. The minimum atomic E-state index is -0.631. The molecule has 1 aromatic heterocycles. The van der Waals surface area contributed by atoms with E-state index >= 15 is 0 Å². The summed E-state index contributed by atoms with van der Waals surface area (Å²) in [5.41, 5.74) is 14.2. The number of carbonyl (C=O) groups excluding carboxylic acids is 2. The van der Waals surface area contributed by atoms with Crippen molar-refractivity contribution >= 4 is 22.7 Å². The minimum Gasteiger partial charge on any atom is -0.368 e. The molecule has 0 radical (unpaired) electrons. The Kier molecular flexibility index (Phi) is 4.98. The summed E-state index contributed by atoms with van der Waals surface area (Å²) >= 11 is 0. The lowest BCUT2D eigenvalue weighted by atomic mass is 9.98. The van der Waals surface area contributed by atoms with Gasteiger partial charge in [-0.25, -0.2) is 9.37 Å². The first-order valence-electron chi connectivity index (χ1n) is 9.45. The SMILES string of the molecule is NC(=O)c1cc(-c2ccc(F)cc2)c2ccc(CN3CCCC3C(N)=O)cc2n1. The van der Waals surface area contributed by atoms with E-state index in [1.165, 1.54) is 12.1 Å². The van der Waals surface area contributed by atoms with Crippen LogP contribution in [0.5, 0.6) is 0 Å². The largest absolute Gasteiger partial charge is 0.368 e. The number of carbonyl (C=O) groups is 2. The Hall–Kier alpha value is -3.32. The topological polar surface area (TPSA) is 102 Å². The molecule has 3 aromatic rings. The second-order valence-corrected chi connectivity index (χ2v) is 7.31. The molecule has 148 valence electrons. The van der Waals surface area contributed by atoms with Crippen molar-refractivity contribution in [3.63, 3.8) is 0 Å². The standard InChI is InChI=1S/C22H21FN4O2/c23-15-6-4-14(5-7-15)17-11-19(21(24)28)26-18-10-13(3-8-16(17)18)12-27-9-1-2-20(27)22(25)29/h3-8,10-11,20H,1-2,9,12H2,(H2,24,28)(H2,25,29). The molecule has 1 aliphatic heterocycles. The lowest BCUT2D eigenvalue weighted by molar-refractivity contribution is -0.122. The molecule has 0 bridgehead atoms. The van der Waals surface area contributed by atoms with Gasteiger partial charge >= 0.3 is 0 Å². The Morgan fingerprint density at radius 1 is 1.10 bits per heavy atom. The highest BCUT2D eigenvalue weighted by atomic mass is 19.1. The first kappa shape index (κ1) is 19.0. The number of nitrogens with two attached hydrogens (primary N) is 2. The predicted octanol–water partition coefficient (Wildman–Crippen LogP) is 2.59. The summed E-state index contributed by atoms with van der Waals surface area (Å²) in [6.07, 6.45) is 1.70. The van der Waals surface area contributed by atoms with E-state index in [0.717, 1.165) is 41.5 Å². The van der Waals surface area contributed by atoms with Crippen LogP contribution >= 0.6 is 0 Å². The normalized spacial score (nSPS) is 16.9. The number of rotatable bonds is 5. The van der Waals surface area contributed by atoms with Crippen molar-refractivity contribution in [3.05, 3.63) is 65.6 Å². The van der Waals surface area contributed by atoms with E-state index in [4.69, 9.17) is 11.5 Å². The monoisotopic (exact) mass is 392 g/mol. The van der Waals surface area contributed by atoms with Crippen LogP contribution in [-0.4, -0.2) is 34.3 Å². The van der Waals surface area contributed by atoms with Gasteiger partial charge in [0.2, 0.25) is 5.91 Å². The van der Waals surface area contributed by atoms with Gasteiger partial charge < -0.3 is 11.5 Å². The lowest BCUT2D eigenvalue weighted by Gasteiger charge is -2.22. The van der Waals surface area contributed by atoms with E-state index in [2.05, 4.69) is 9.88 Å². The molecule has 6 nitrogen and oxygen atoms in total. The maximum atomic E-state index is 13.3. The average molecular weight is 392 g/mol. The first-order valence-corrected chi connectivity index (χ1v) is 9.45. The number of hydrogen-bond acceptors (Lipinski definition) is 4. The highest BCUT2D eigenvalue weighted by Crippen LogP contribution is 2.30. The summed E-state index contributed by atoms with van der Waals surface area (Å²) in [5, 5.41) is 0.832. The number of halogens is 1. The van der Waals surface area contributed by atoms with E-state index in [0.29, 0.717) is 12.1 Å². The third-order valence-electron chi connectivity index (χ3n) is 5.36. The van der Waals surface area contributed by atoms with Crippen molar-refractivity contribution in [2.75, 3.05) is 6.54 Å². The fourth-order valence-corrected chi connectivity index (χ4v) is 3.94. The van der Waals surface area contributed by atoms with E-state index in [1.54, 1.807) is 18.2 Å². The third-order valence-corrected chi connectivity index (χ3v) is 5.36. The van der Waals surface area contributed by atoms with E-state index in [1.807, 2.05) is 18.2 Å². The number of benzene rings is 2. The number of amides is 2. The van der Waals surface area contributed by atoms with Crippen LogP contribution in [0.25, 0.3) is 22.0 Å². The van der Waals surface area contributed by atoms with Crippen LogP contribution in [0.3, 0.4) is 0 Å². The zero-order valence-corrected chi connectivity index (χ0v) is 15.8. The smallest absolute Gasteiger partial charge is 0.267 e. The molecule has 4 rings (SSSR count). The quantitative estimate of drug-likeness (QED) is 0.697. The van der Waals surface area contributed by atoms with Gasteiger partial charge in [0, 0.05) is 11.9 Å². The molecule has 4 N–H and O–H groups in total. The Morgan fingerprint density at radius 2 is 1.86 bits per heavy atom. The average Bonchev–Trinajstić information content (AvgIpc) is 3.16. The van der Waals surface area contributed by atoms with Crippen molar-refractivity contribution in [2.45, 2.75) is 25.4 Å². The molecule has 2 amide bonds. The second kappa shape index (κ2) is 7.60. The molecule has 1 aliphatic rings. The van der Waals surface area contributed by atoms with Crippen LogP contribution in [0.1, 0.15) is 28.9 Å². The number of pyridine rings is 1. The van der Waals surface area contributed by atoms with E-state index in [9.17, 15) is 14.0 Å². The lowest BCUT2D eigenvalue weighted by Crippen LogP contribution is -2.39. The van der Waals surface area contributed by atoms with Crippen LogP contribution in [0, 0.1) is 5.82 Å². The van der Waals surface area contributed by atoms with E-state index < -0.39 is 5.91 Å². The molecular weight excluding hydrogens is 371 g/mol. The number of hydrogen-bond donors (Lipinski definition) is 2. The number of aromatic nitrogens is 1. The van der Waals surface area contributed by atoms with E-state index in [-0.39, 0.29) is 23.5 Å². The summed E-state index contributed by atoms with van der Waals surface area (Å²) in [4.78, 5) is 29.9. The van der Waals surface area contributed by atoms with Crippen molar-refractivity contribution in [2.24, 2.45) is 11.5 Å². The van der Waals surface area contributed by atoms with Crippen molar-refractivity contribution in [1.29, 1.82) is 0 Å². The van der Waals surface area contributed by atoms with Crippen LogP contribution in [0.15, 0.2) is 48.5 Å². The molecule has 29 heavy (non-hydrogen) atoms. The third kappa shape index (κ3) is 3.82. The summed E-state index contributed by atoms with van der Waals surface area (Å²) in [6, 6.07) is 13.2. The van der Waals surface area contributed by atoms with Gasteiger partial charge in [0.15, 0.2) is 0 Å². The molecule has 1 fully saturated rings. The van der Waals surface area contributed by atoms with Crippen molar-refractivity contribution in [3.8, 4) is 11.1 Å². The van der Waals surface area contributed by atoms with Crippen LogP contribution in [0.4, 0.5) is 4.39 Å². The van der Waals surface area contributed by atoms with Crippen LogP contribution in [0.2, 0.25) is 0 Å². The van der Waals surface area contributed by atoms with Gasteiger partial charge in [0.05, 0.1) is 11.6 Å². The number of nitrogens with zero attached hydrogens (tertiary/aromatic N) is 2. The fourth-order valence-electron chi connectivity index (χ4n) is 3.94. The van der Waals surface area contributed by atoms with Gasteiger partial charge in [-0.15, -0.1) is 0 Å². The maximum absolute atomic E-state index is 13.3. The van der Waals surface area contributed by atoms with Crippen LogP contribution < -0.4 is 11.5 Å². The number of primary amides is 2. The van der Waals surface area contributed by atoms with Gasteiger partial charge in [-0.3, -0.25) is 14.5 Å². The molecule has 2 aromatic carbocycles. The molecule has 2 heterocycles. The Bertz CT molecular complexity index is 1100. The number of fused-ring (bicyclic) bond motifs is 1. The van der Waals surface area contributed by atoms with Crippen LogP contribution in [-0.2, 0) is 11.3 Å². The first-order chi connectivity index (χ1) is 13.9.